The number of para-hydroxylation sites is 3. The minimum atomic E-state index is -0.376. The molecule has 5 aromatic rings. The van der Waals surface area contributed by atoms with E-state index in [2.05, 4.69) is 5.32 Å². The van der Waals surface area contributed by atoms with Gasteiger partial charge in [-0.25, -0.2) is 9.97 Å². The van der Waals surface area contributed by atoms with Crippen LogP contribution in [0.2, 0.25) is 0 Å². The van der Waals surface area contributed by atoms with Crippen LogP contribution in [-0.4, -0.2) is 41.8 Å². The lowest BCUT2D eigenvalue weighted by molar-refractivity contribution is 0.0953. The summed E-state index contributed by atoms with van der Waals surface area (Å²) < 4.78 is 18.0. The lowest BCUT2D eigenvalue weighted by atomic mass is 10.2. The van der Waals surface area contributed by atoms with Crippen LogP contribution in [0, 0.1) is 0 Å². The molecule has 2 aromatic heterocycles. The number of nitrogens with one attached hydrogen (secondary N) is 1. The van der Waals surface area contributed by atoms with Crippen molar-refractivity contribution in [1.82, 2.24) is 19.9 Å². The zero-order valence-electron chi connectivity index (χ0n) is 20.1. The molecule has 0 fully saturated rings. The van der Waals surface area contributed by atoms with Crippen molar-refractivity contribution in [3.63, 3.8) is 0 Å². The Hall–Kier alpha value is -4.79. The van der Waals surface area contributed by atoms with Gasteiger partial charge in [-0.2, -0.15) is 0 Å². The lowest BCUT2D eigenvalue weighted by Gasteiger charge is -2.14. The Balaban J connectivity index is 1.68. The number of carbonyl (C=O) groups excluding carboxylic acids is 1. The van der Waals surface area contributed by atoms with E-state index in [-0.39, 0.29) is 23.8 Å². The maximum absolute atomic E-state index is 13.5. The normalized spacial score (nSPS) is 11.0. The molecule has 182 valence electrons. The maximum atomic E-state index is 13.5. The van der Waals surface area contributed by atoms with Gasteiger partial charge in [0.2, 0.25) is 0 Å². The Bertz CT molecular complexity index is 1590. The molecule has 9 nitrogen and oxygen atoms in total. The van der Waals surface area contributed by atoms with Crippen LogP contribution >= 0.6 is 0 Å². The van der Waals surface area contributed by atoms with Crippen LogP contribution in [0.5, 0.6) is 17.2 Å². The third kappa shape index (κ3) is 3.90. The van der Waals surface area contributed by atoms with Crippen LogP contribution in [0.4, 0.5) is 5.82 Å². The number of amides is 1. The summed E-state index contributed by atoms with van der Waals surface area (Å²) in [7, 11) is 4.73. The molecule has 0 saturated heterocycles. The predicted molar refractivity (Wildman–Crippen MR) is 138 cm³/mol. The average molecular weight is 484 g/mol. The number of benzene rings is 3. The van der Waals surface area contributed by atoms with Gasteiger partial charge in [0.1, 0.15) is 34.1 Å². The standard InChI is InChI=1S/C27H25N5O4/c1-34-17-12-13-20(22(14-17)36-3)32-25(28)23(24-26(32)31-19-10-6-5-9-18(19)30-24)27(33)29-15-16-8-4-7-11-21(16)35-2/h4-14H,15,28H2,1-3H3,(H,29,33). The molecule has 0 aliphatic rings. The van der Waals surface area contributed by atoms with Crippen molar-refractivity contribution in [1.29, 1.82) is 0 Å². The monoisotopic (exact) mass is 483 g/mol. The molecule has 9 heteroatoms. The molecule has 5 rings (SSSR count). The fourth-order valence-electron chi connectivity index (χ4n) is 4.21. The molecule has 3 N–H and O–H groups in total. The predicted octanol–water partition coefficient (Wildman–Crippen LogP) is 4.11. The van der Waals surface area contributed by atoms with Crippen molar-refractivity contribution in [2.24, 2.45) is 0 Å². The molecular weight excluding hydrogens is 458 g/mol. The van der Waals surface area contributed by atoms with E-state index < -0.39 is 0 Å². The minimum absolute atomic E-state index is 0.196. The number of rotatable bonds is 7. The number of anilines is 1. The Morgan fingerprint density at radius 3 is 2.31 bits per heavy atom. The van der Waals surface area contributed by atoms with Crippen molar-refractivity contribution >= 4 is 33.9 Å². The topological polar surface area (TPSA) is 114 Å². The van der Waals surface area contributed by atoms with E-state index in [1.165, 1.54) is 0 Å². The highest BCUT2D eigenvalue weighted by Crippen LogP contribution is 2.36. The van der Waals surface area contributed by atoms with Crippen LogP contribution in [0.1, 0.15) is 15.9 Å². The van der Waals surface area contributed by atoms with Crippen LogP contribution in [0.3, 0.4) is 0 Å². The number of nitrogens with zero attached hydrogens (tertiary/aromatic N) is 3. The molecule has 0 unspecified atom stereocenters. The van der Waals surface area contributed by atoms with E-state index >= 15 is 0 Å². The second kappa shape index (κ2) is 9.46. The number of hydrogen-bond acceptors (Lipinski definition) is 7. The third-order valence-corrected chi connectivity index (χ3v) is 5.98. The number of nitrogens with two attached hydrogens (primary N) is 1. The molecule has 1 amide bonds. The Morgan fingerprint density at radius 2 is 1.58 bits per heavy atom. The van der Waals surface area contributed by atoms with Gasteiger partial charge < -0.3 is 25.3 Å². The summed E-state index contributed by atoms with van der Waals surface area (Å²) in [4.78, 5) is 23.1. The Morgan fingerprint density at radius 1 is 0.889 bits per heavy atom. The van der Waals surface area contributed by atoms with Crippen molar-refractivity contribution in [3.05, 3.63) is 77.9 Å². The quantitative estimate of drug-likeness (QED) is 0.358. The van der Waals surface area contributed by atoms with E-state index in [1.54, 1.807) is 44.1 Å². The summed E-state index contributed by atoms with van der Waals surface area (Å²) in [6.07, 6.45) is 0. The lowest BCUT2D eigenvalue weighted by Crippen LogP contribution is -2.24. The third-order valence-electron chi connectivity index (χ3n) is 5.98. The summed E-state index contributed by atoms with van der Waals surface area (Å²) in [5, 5.41) is 2.95. The maximum Gasteiger partial charge on any atom is 0.257 e. The zero-order valence-corrected chi connectivity index (χ0v) is 20.1. The van der Waals surface area contributed by atoms with Gasteiger partial charge in [-0.3, -0.25) is 9.36 Å². The van der Waals surface area contributed by atoms with Gasteiger partial charge in [0, 0.05) is 18.2 Å². The number of carbonyl (C=O) groups is 1. The van der Waals surface area contributed by atoms with E-state index in [9.17, 15) is 4.79 Å². The molecule has 0 radical (unpaired) electrons. The van der Waals surface area contributed by atoms with E-state index in [0.717, 1.165) is 5.56 Å². The van der Waals surface area contributed by atoms with Gasteiger partial charge in [-0.15, -0.1) is 0 Å². The van der Waals surface area contributed by atoms with Crippen molar-refractivity contribution in [2.45, 2.75) is 6.54 Å². The highest BCUT2D eigenvalue weighted by atomic mass is 16.5. The first-order valence-electron chi connectivity index (χ1n) is 11.2. The second-order valence-corrected chi connectivity index (χ2v) is 8.01. The van der Waals surface area contributed by atoms with Crippen molar-refractivity contribution < 1.29 is 19.0 Å². The van der Waals surface area contributed by atoms with Crippen LogP contribution in [0.15, 0.2) is 66.7 Å². The second-order valence-electron chi connectivity index (χ2n) is 8.01. The summed E-state index contributed by atoms with van der Waals surface area (Å²) in [5.74, 6) is 1.63. The molecular formula is C27H25N5O4. The summed E-state index contributed by atoms with van der Waals surface area (Å²) in [5.41, 5.74) is 10.5. The first-order chi connectivity index (χ1) is 17.5. The first-order valence-corrected chi connectivity index (χ1v) is 11.2. The number of methoxy groups -OCH3 is 3. The fraction of sp³-hybridized carbons (Fsp3) is 0.148. The molecule has 0 spiro atoms. The molecule has 0 atom stereocenters. The molecule has 2 heterocycles. The van der Waals surface area contributed by atoms with Crippen molar-refractivity contribution in [2.75, 3.05) is 27.1 Å². The number of aromatic nitrogens is 3. The average Bonchev–Trinajstić information content (AvgIpc) is 3.20. The number of hydrogen-bond donors (Lipinski definition) is 2. The first kappa shape index (κ1) is 23.0. The van der Waals surface area contributed by atoms with Crippen LogP contribution in [0.25, 0.3) is 27.9 Å². The SMILES string of the molecule is COc1ccc(-n2c(N)c(C(=O)NCc3ccccc3OC)c3nc4ccccc4nc32)c(OC)c1. The highest BCUT2D eigenvalue weighted by molar-refractivity contribution is 6.11. The number of fused-ring (bicyclic) bond motifs is 2. The molecule has 0 aliphatic heterocycles. The van der Waals surface area contributed by atoms with Crippen LogP contribution in [-0.2, 0) is 6.54 Å². The summed E-state index contributed by atoms with van der Waals surface area (Å²) in [6, 6.07) is 20.3. The van der Waals surface area contributed by atoms with Crippen LogP contribution < -0.4 is 25.3 Å². The van der Waals surface area contributed by atoms with Gasteiger partial charge >= 0.3 is 0 Å². The molecule has 0 saturated carbocycles. The van der Waals surface area contributed by atoms with Crippen molar-refractivity contribution in [3.8, 4) is 22.9 Å². The largest absolute Gasteiger partial charge is 0.497 e. The highest BCUT2D eigenvalue weighted by Gasteiger charge is 2.26. The smallest absolute Gasteiger partial charge is 0.257 e. The molecule has 0 aliphatic carbocycles. The summed E-state index contributed by atoms with van der Waals surface area (Å²) >= 11 is 0. The Labute approximate surface area is 207 Å². The van der Waals surface area contributed by atoms with E-state index in [4.69, 9.17) is 29.9 Å². The fourth-order valence-corrected chi connectivity index (χ4v) is 4.21. The van der Waals surface area contributed by atoms with E-state index in [0.29, 0.717) is 45.1 Å². The molecule has 3 aromatic carbocycles. The summed E-state index contributed by atoms with van der Waals surface area (Å²) in [6.45, 7) is 0.252. The Kier molecular flexibility index (Phi) is 6.03. The zero-order chi connectivity index (χ0) is 25.2. The van der Waals surface area contributed by atoms with E-state index in [1.807, 2.05) is 48.5 Å². The van der Waals surface area contributed by atoms with Gasteiger partial charge in [0.15, 0.2) is 5.65 Å². The van der Waals surface area contributed by atoms with Gasteiger partial charge in [-0.1, -0.05) is 30.3 Å². The van der Waals surface area contributed by atoms with Gasteiger partial charge in [-0.05, 0) is 30.3 Å². The van der Waals surface area contributed by atoms with Gasteiger partial charge in [0.25, 0.3) is 5.91 Å². The minimum Gasteiger partial charge on any atom is -0.497 e. The van der Waals surface area contributed by atoms with Gasteiger partial charge in [0.05, 0.1) is 38.1 Å². The number of nitrogen functional groups attached to an aromatic ring is 1. The molecule has 36 heavy (non-hydrogen) atoms. The number of ether oxygens (including phenoxy) is 3. The molecule has 0 bridgehead atoms.